The summed E-state index contributed by atoms with van der Waals surface area (Å²) < 4.78 is 0. The second-order valence-electron chi connectivity index (χ2n) is 5.23. The van der Waals surface area contributed by atoms with E-state index < -0.39 is 0 Å². The highest BCUT2D eigenvalue weighted by molar-refractivity contribution is 6.32. The van der Waals surface area contributed by atoms with Gasteiger partial charge in [-0.2, -0.15) is 0 Å². The van der Waals surface area contributed by atoms with Gasteiger partial charge in [-0.05, 0) is 43.2 Å². The molecule has 1 aromatic heterocycles. The number of amides is 1. The second kappa shape index (κ2) is 4.39. The largest absolute Gasteiger partial charge is 0.323 e. The fraction of sp³-hybridized carbons (Fsp3) is 0.429. The van der Waals surface area contributed by atoms with E-state index in [2.05, 4.69) is 22.5 Å². The second-order valence-corrected chi connectivity index (χ2v) is 5.59. The molecular weight excluding hydrogens is 248 g/mol. The number of anilines is 1. The highest BCUT2D eigenvalue weighted by Crippen LogP contribution is 2.43. The molecule has 3 unspecified atom stereocenters. The van der Waals surface area contributed by atoms with Crippen molar-refractivity contribution < 1.29 is 4.79 Å². The maximum Gasteiger partial charge on any atom is 0.228 e. The van der Waals surface area contributed by atoms with Crippen molar-refractivity contribution in [3.05, 3.63) is 35.1 Å². The normalized spacial score (nSPS) is 28.7. The number of aryl methyl sites for hydroxylation is 1. The van der Waals surface area contributed by atoms with Gasteiger partial charge in [0.1, 0.15) is 0 Å². The Hall–Kier alpha value is -1.35. The molecular formula is C14H15ClN2O. The topological polar surface area (TPSA) is 42.0 Å². The fourth-order valence-electron chi connectivity index (χ4n) is 2.95. The van der Waals surface area contributed by atoms with E-state index in [4.69, 9.17) is 11.6 Å². The quantitative estimate of drug-likeness (QED) is 0.657. The lowest BCUT2D eigenvalue weighted by molar-refractivity contribution is -0.120. The molecule has 1 N–H and O–H groups in total. The van der Waals surface area contributed by atoms with Crippen LogP contribution in [-0.4, -0.2) is 10.9 Å². The third-order valence-electron chi connectivity index (χ3n) is 3.85. The number of allylic oxidation sites excluding steroid dienone is 2. The first-order valence-electron chi connectivity index (χ1n) is 6.25. The van der Waals surface area contributed by atoms with Crippen molar-refractivity contribution in [2.75, 3.05) is 5.32 Å². The Kier molecular flexibility index (Phi) is 2.86. The van der Waals surface area contributed by atoms with Crippen LogP contribution in [0.15, 0.2) is 24.4 Å². The van der Waals surface area contributed by atoms with Crippen molar-refractivity contribution in [1.29, 1.82) is 0 Å². The predicted molar refractivity (Wildman–Crippen MR) is 71.5 cm³/mol. The van der Waals surface area contributed by atoms with Crippen LogP contribution in [-0.2, 0) is 4.79 Å². The molecule has 0 spiro atoms. The van der Waals surface area contributed by atoms with Crippen LogP contribution in [0.1, 0.15) is 18.4 Å². The van der Waals surface area contributed by atoms with Gasteiger partial charge in [0.15, 0.2) is 5.15 Å². The molecule has 2 aliphatic carbocycles. The Morgan fingerprint density at radius 2 is 2.28 bits per heavy atom. The molecule has 1 aromatic rings. The number of carbonyl (C=O) groups excluding carboxylic acids is 1. The van der Waals surface area contributed by atoms with Gasteiger partial charge in [0.25, 0.3) is 0 Å². The van der Waals surface area contributed by atoms with Gasteiger partial charge in [0.2, 0.25) is 5.91 Å². The molecule has 1 heterocycles. The molecule has 4 heteroatoms. The third kappa shape index (κ3) is 2.03. The van der Waals surface area contributed by atoms with Crippen LogP contribution in [0.3, 0.4) is 0 Å². The van der Waals surface area contributed by atoms with Crippen molar-refractivity contribution in [1.82, 2.24) is 4.98 Å². The maximum absolute atomic E-state index is 12.2. The Morgan fingerprint density at radius 1 is 1.44 bits per heavy atom. The van der Waals surface area contributed by atoms with Crippen molar-refractivity contribution >= 4 is 23.2 Å². The molecule has 18 heavy (non-hydrogen) atoms. The van der Waals surface area contributed by atoms with Crippen molar-refractivity contribution in [2.45, 2.75) is 19.8 Å². The molecule has 1 fully saturated rings. The minimum atomic E-state index is 0.0705. The van der Waals surface area contributed by atoms with Gasteiger partial charge in [-0.1, -0.05) is 23.8 Å². The Labute approximate surface area is 111 Å². The van der Waals surface area contributed by atoms with E-state index in [-0.39, 0.29) is 11.8 Å². The van der Waals surface area contributed by atoms with Crippen LogP contribution in [0.25, 0.3) is 0 Å². The summed E-state index contributed by atoms with van der Waals surface area (Å²) in [4.78, 5) is 16.3. The number of nitrogens with one attached hydrogen (secondary N) is 1. The predicted octanol–water partition coefficient (Wildman–Crippen LogP) is 3.19. The molecule has 1 saturated carbocycles. The Balaban J connectivity index is 1.75. The molecule has 3 atom stereocenters. The van der Waals surface area contributed by atoms with Gasteiger partial charge in [-0.15, -0.1) is 0 Å². The van der Waals surface area contributed by atoms with Crippen LogP contribution in [0.4, 0.5) is 5.69 Å². The Morgan fingerprint density at radius 3 is 2.94 bits per heavy atom. The van der Waals surface area contributed by atoms with Gasteiger partial charge < -0.3 is 5.32 Å². The van der Waals surface area contributed by atoms with E-state index in [0.717, 1.165) is 18.4 Å². The number of fused-ring (bicyclic) bond motifs is 2. The summed E-state index contributed by atoms with van der Waals surface area (Å²) in [6, 6.07) is 1.86. The number of nitrogens with zero attached hydrogens (tertiary/aromatic N) is 1. The van der Waals surface area contributed by atoms with Gasteiger partial charge >= 0.3 is 0 Å². The van der Waals surface area contributed by atoms with Crippen LogP contribution in [0.5, 0.6) is 0 Å². The summed E-state index contributed by atoms with van der Waals surface area (Å²) >= 11 is 5.99. The molecule has 2 bridgehead atoms. The van der Waals surface area contributed by atoms with Crippen LogP contribution < -0.4 is 5.32 Å². The number of hydrogen-bond donors (Lipinski definition) is 1. The van der Waals surface area contributed by atoms with E-state index in [1.165, 1.54) is 0 Å². The number of pyridine rings is 1. The molecule has 1 amide bonds. The zero-order valence-corrected chi connectivity index (χ0v) is 10.9. The number of halogens is 1. The molecule has 3 rings (SSSR count). The minimum absolute atomic E-state index is 0.0705. The molecule has 0 aliphatic heterocycles. The van der Waals surface area contributed by atoms with Crippen molar-refractivity contribution in [3.63, 3.8) is 0 Å². The Bertz CT molecular complexity index is 527. The van der Waals surface area contributed by atoms with Gasteiger partial charge in [-0.25, -0.2) is 4.98 Å². The van der Waals surface area contributed by atoms with E-state index in [0.29, 0.717) is 22.7 Å². The van der Waals surface area contributed by atoms with Crippen LogP contribution in [0, 0.1) is 24.7 Å². The molecule has 94 valence electrons. The summed E-state index contributed by atoms with van der Waals surface area (Å²) in [7, 11) is 0. The summed E-state index contributed by atoms with van der Waals surface area (Å²) in [6.07, 6.45) is 8.18. The zero-order chi connectivity index (χ0) is 12.7. The number of carbonyl (C=O) groups is 1. The maximum atomic E-state index is 12.2. The summed E-state index contributed by atoms with van der Waals surface area (Å²) in [5.41, 5.74) is 1.61. The SMILES string of the molecule is Cc1cnc(Cl)c(NC(=O)C2CC3C=CC2C3)c1. The highest BCUT2D eigenvalue weighted by Gasteiger charge is 2.39. The van der Waals surface area contributed by atoms with E-state index >= 15 is 0 Å². The van der Waals surface area contributed by atoms with Crippen LogP contribution in [0.2, 0.25) is 5.15 Å². The fourth-order valence-corrected chi connectivity index (χ4v) is 3.10. The molecule has 3 nitrogen and oxygen atoms in total. The lowest BCUT2D eigenvalue weighted by atomic mass is 9.93. The molecule has 0 aromatic carbocycles. The summed E-state index contributed by atoms with van der Waals surface area (Å²) in [5, 5.41) is 3.26. The monoisotopic (exact) mass is 262 g/mol. The third-order valence-corrected chi connectivity index (χ3v) is 4.15. The first kappa shape index (κ1) is 11.7. The number of hydrogen-bond acceptors (Lipinski definition) is 2. The van der Waals surface area contributed by atoms with E-state index in [1.807, 2.05) is 13.0 Å². The van der Waals surface area contributed by atoms with Gasteiger partial charge in [-0.3, -0.25) is 4.79 Å². The van der Waals surface area contributed by atoms with E-state index in [9.17, 15) is 4.79 Å². The smallest absolute Gasteiger partial charge is 0.228 e. The molecule has 0 radical (unpaired) electrons. The molecule has 2 aliphatic rings. The summed E-state index contributed by atoms with van der Waals surface area (Å²) in [6.45, 7) is 1.93. The van der Waals surface area contributed by atoms with E-state index in [1.54, 1.807) is 6.20 Å². The lowest BCUT2D eigenvalue weighted by Crippen LogP contribution is -2.26. The average molecular weight is 263 g/mol. The standard InChI is InChI=1S/C14H15ClN2O/c1-8-4-12(13(15)16-7-8)17-14(18)11-6-9-2-3-10(11)5-9/h2-4,7,9-11H,5-6H2,1H3,(H,17,18). The van der Waals surface area contributed by atoms with Crippen molar-refractivity contribution in [3.8, 4) is 0 Å². The van der Waals surface area contributed by atoms with Crippen LogP contribution >= 0.6 is 11.6 Å². The first-order chi connectivity index (χ1) is 8.63. The number of aromatic nitrogens is 1. The average Bonchev–Trinajstić information content (AvgIpc) is 2.96. The minimum Gasteiger partial charge on any atom is -0.323 e. The van der Waals surface area contributed by atoms with Gasteiger partial charge in [0, 0.05) is 12.1 Å². The lowest BCUT2D eigenvalue weighted by Gasteiger charge is -2.18. The zero-order valence-electron chi connectivity index (χ0n) is 10.2. The number of rotatable bonds is 2. The molecule has 0 saturated heterocycles. The van der Waals surface area contributed by atoms with Gasteiger partial charge in [0.05, 0.1) is 5.69 Å². The highest BCUT2D eigenvalue weighted by atomic mass is 35.5. The summed E-state index contributed by atoms with van der Waals surface area (Å²) in [5.74, 6) is 1.17. The first-order valence-corrected chi connectivity index (χ1v) is 6.62. The van der Waals surface area contributed by atoms with Crippen molar-refractivity contribution in [2.24, 2.45) is 17.8 Å².